The predicted molar refractivity (Wildman–Crippen MR) is 167 cm³/mol. The van der Waals surface area contributed by atoms with Gasteiger partial charge in [0.25, 0.3) is 0 Å². The second-order valence-corrected chi connectivity index (χ2v) is 11.6. The lowest BCUT2D eigenvalue weighted by Gasteiger charge is -2.32. The molecule has 0 radical (unpaired) electrons. The molecule has 1 fully saturated rings. The molecule has 3 heterocycles. The second kappa shape index (κ2) is 13.5. The van der Waals surface area contributed by atoms with Gasteiger partial charge in [0.2, 0.25) is 12.0 Å². The molecule has 1 saturated heterocycles. The highest BCUT2D eigenvalue weighted by molar-refractivity contribution is 7.19. The van der Waals surface area contributed by atoms with Gasteiger partial charge < -0.3 is 19.5 Å². The summed E-state index contributed by atoms with van der Waals surface area (Å²) in [7, 11) is 2.14. The van der Waals surface area contributed by atoms with E-state index >= 15 is 0 Å². The first kappa shape index (κ1) is 29.8. The first-order valence-electron chi connectivity index (χ1n) is 13.8. The van der Waals surface area contributed by atoms with Crippen LogP contribution in [0.5, 0.6) is 11.6 Å². The maximum Gasteiger partial charge on any atom is 0.345 e. The fourth-order valence-corrected chi connectivity index (χ4v) is 6.27. The molecule has 1 aliphatic heterocycles. The normalized spacial score (nSPS) is 14.8. The minimum Gasteiger partial charge on any atom is -0.491 e. The van der Waals surface area contributed by atoms with Crippen LogP contribution >= 0.6 is 22.9 Å². The van der Waals surface area contributed by atoms with Crippen LogP contribution in [0.4, 0.5) is 0 Å². The summed E-state index contributed by atoms with van der Waals surface area (Å²) < 4.78 is 12.2. The average Bonchev–Trinajstić information content (AvgIpc) is 3.35. The Kier molecular flexibility index (Phi) is 9.60. The summed E-state index contributed by atoms with van der Waals surface area (Å²) in [6.07, 6.45) is 0.438. The standard InChI is InChI=1S/C32H33ClN4O4S/c1-4-8-26-27(23-11-12-24(29(33)21(23)2)40-18-17-37-15-13-36(3)14-16-37)28-30(34-20-35-31(28)42-26)41-25(32(38)39)19-22-9-6-5-7-10-22/h5-7,9-12,20,25H,13-19H2,1-3H3,(H,38,39)/t25-/m1/s1. The summed E-state index contributed by atoms with van der Waals surface area (Å²) in [6, 6.07) is 13.2. The number of carboxylic acids is 1. The van der Waals surface area contributed by atoms with E-state index < -0.39 is 12.1 Å². The molecule has 0 amide bonds. The van der Waals surface area contributed by atoms with Crippen LogP contribution in [0.1, 0.15) is 22.9 Å². The van der Waals surface area contributed by atoms with Crippen LogP contribution in [-0.4, -0.2) is 83.3 Å². The van der Waals surface area contributed by atoms with Crippen molar-refractivity contribution in [2.45, 2.75) is 26.4 Å². The molecular formula is C32H33ClN4O4S. The number of rotatable bonds is 10. The third kappa shape index (κ3) is 6.69. The number of carbonyl (C=O) groups is 1. The van der Waals surface area contributed by atoms with E-state index in [1.54, 1.807) is 6.92 Å². The summed E-state index contributed by atoms with van der Waals surface area (Å²) in [5, 5.41) is 11.1. The van der Waals surface area contributed by atoms with E-state index in [4.69, 9.17) is 21.1 Å². The van der Waals surface area contributed by atoms with Crippen LogP contribution in [0.25, 0.3) is 21.3 Å². The maximum absolute atomic E-state index is 12.2. The van der Waals surface area contributed by atoms with E-state index in [0.717, 1.165) is 59.9 Å². The molecule has 8 nitrogen and oxygen atoms in total. The fraction of sp³-hybridized carbons (Fsp3) is 0.344. The minimum atomic E-state index is -1.14. The smallest absolute Gasteiger partial charge is 0.345 e. The molecule has 0 aliphatic carbocycles. The zero-order chi connectivity index (χ0) is 29.6. The molecule has 0 bridgehead atoms. The summed E-state index contributed by atoms with van der Waals surface area (Å²) in [5.74, 6) is 5.92. The first-order valence-corrected chi connectivity index (χ1v) is 15.0. The van der Waals surface area contributed by atoms with Gasteiger partial charge in [0.1, 0.15) is 23.5 Å². The first-order chi connectivity index (χ1) is 20.4. The summed E-state index contributed by atoms with van der Waals surface area (Å²) >= 11 is 8.28. The zero-order valence-electron chi connectivity index (χ0n) is 23.9. The van der Waals surface area contributed by atoms with Crippen molar-refractivity contribution in [3.05, 3.63) is 69.8 Å². The van der Waals surface area contributed by atoms with E-state index in [0.29, 0.717) is 27.6 Å². The number of nitrogens with zero attached hydrogens (tertiary/aromatic N) is 4. The number of benzene rings is 2. The number of aromatic nitrogens is 2. The number of likely N-dealkylation sites (N-methyl/N-ethyl adjacent to an activating group) is 1. The number of aliphatic carboxylic acids is 1. The largest absolute Gasteiger partial charge is 0.491 e. The number of halogens is 1. The van der Waals surface area contributed by atoms with Gasteiger partial charge in [-0.15, -0.1) is 17.3 Å². The molecule has 10 heteroatoms. The van der Waals surface area contributed by atoms with Crippen molar-refractivity contribution in [3.63, 3.8) is 0 Å². The van der Waals surface area contributed by atoms with Crippen LogP contribution in [0.2, 0.25) is 5.02 Å². The lowest BCUT2D eigenvalue weighted by Crippen LogP contribution is -2.45. The van der Waals surface area contributed by atoms with Crippen molar-refractivity contribution in [1.82, 2.24) is 19.8 Å². The molecule has 1 aliphatic rings. The SMILES string of the molecule is CC#Cc1sc2ncnc(O[C@H](Cc3ccccc3)C(=O)O)c2c1-c1ccc(OCCN2CCN(C)CC2)c(Cl)c1C. The lowest BCUT2D eigenvalue weighted by molar-refractivity contribution is -0.145. The van der Waals surface area contributed by atoms with Crippen LogP contribution in [0.3, 0.4) is 0 Å². The second-order valence-electron chi connectivity index (χ2n) is 10.2. The number of thiophene rings is 1. The van der Waals surface area contributed by atoms with Gasteiger partial charge in [-0.1, -0.05) is 53.9 Å². The average molecular weight is 605 g/mol. The molecule has 0 unspecified atom stereocenters. The summed E-state index contributed by atoms with van der Waals surface area (Å²) in [4.78, 5) is 27.2. The number of piperazine rings is 1. The number of fused-ring (bicyclic) bond motifs is 1. The highest BCUT2D eigenvalue weighted by Crippen LogP contribution is 2.45. The van der Waals surface area contributed by atoms with E-state index in [1.807, 2.05) is 49.4 Å². The third-order valence-corrected chi connectivity index (χ3v) is 8.85. The maximum atomic E-state index is 12.2. The highest BCUT2D eigenvalue weighted by Gasteiger charge is 2.26. The van der Waals surface area contributed by atoms with E-state index in [9.17, 15) is 9.90 Å². The number of hydrogen-bond acceptors (Lipinski definition) is 8. The van der Waals surface area contributed by atoms with Gasteiger partial charge >= 0.3 is 5.97 Å². The predicted octanol–water partition coefficient (Wildman–Crippen LogP) is 5.39. The molecular weight excluding hydrogens is 572 g/mol. The topological polar surface area (TPSA) is 88.0 Å². The van der Waals surface area contributed by atoms with Gasteiger partial charge in [-0.2, -0.15) is 0 Å². The Hall–Kier alpha value is -3.68. The summed E-state index contributed by atoms with van der Waals surface area (Å²) in [5.41, 5.74) is 3.28. The third-order valence-electron chi connectivity index (χ3n) is 7.37. The monoisotopic (exact) mass is 604 g/mol. The summed E-state index contributed by atoms with van der Waals surface area (Å²) in [6.45, 7) is 9.26. The number of hydrogen-bond donors (Lipinski definition) is 1. The van der Waals surface area contributed by atoms with E-state index in [2.05, 4.69) is 38.7 Å². The lowest BCUT2D eigenvalue weighted by atomic mass is 9.98. The molecule has 0 saturated carbocycles. The van der Waals surface area contributed by atoms with Crippen molar-refractivity contribution in [3.8, 4) is 34.6 Å². The number of ether oxygens (including phenoxy) is 2. The fourth-order valence-electron chi connectivity index (χ4n) is 5.00. The molecule has 1 N–H and O–H groups in total. The Morgan fingerprint density at radius 2 is 1.90 bits per heavy atom. The van der Waals surface area contributed by atoms with Crippen LogP contribution < -0.4 is 9.47 Å². The van der Waals surface area contributed by atoms with Gasteiger partial charge in [-0.05, 0) is 43.7 Å². The Morgan fingerprint density at radius 1 is 1.14 bits per heavy atom. The molecule has 1 atom stereocenters. The molecule has 218 valence electrons. The molecule has 2 aromatic carbocycles. The Labute approximate surface area is 254 Å². The molecule has 4 aromatic rings. The number of carboxylic acid groups (broad SMARTS) is 1. The van der Waals surface area contributed by atoms with Crippen molar-refractivity contribution < 1.29 is 19.4 Å². The minimum absolute atomic E-state index is 0.188. The van der Waals surface area contributed by atoms with Crippen molar-refractivity contribution in [1.29, 1.82) is 0 Å². The Bertz CT molecular complexity index is 1620. The van der Waals surface area contributed by atoms with Gasteiger partial charge in [-0.3, -0.25) is 4.90 Å². The van der Waals surface area contributed by atoms with Crippen LogP contribution in [-0.2, 0) is 11.2 Å². The van der Waals surface area contributed by atoms with Crippen molar-refractivity contribution in [2.75, 3.05) is 46.4 Å². The molecule has 2 aromatic heterocycles. The van der Waals surface area contributed by atoms with E-state index in [1.165, 1.54) is 17.7 Å². The van der Waals surface area contributed by atoms with Gasteiger partial charge in [0, 0.05) is 44.7 Å². The quantitative estimate of drug-likeness (QED) is 0.241. The molecule has 0 spiro atoms. The molecule has 42 heavy (non-hydrogen) atoms. The molecule has 5 rings (SSSR count). The highest BCUT2D eigenvalue weighted by atomic mass is 35.5. The Balaban J connectivity index is 1.47. The van der Waals surface area contributed by atoms with Gasteiger partial charge in [0.05, 0.1) is 15.3 Å². The van der Waals surface area contributed by atoms with Crippen LogP contribution in [0, 0.1) is 18.8 Å². The van der Waals surface area contributed by atoms with Gasteiger partial charge in [0.15, 0.2) is 0 Å². The Morgan fingerprint density at radius 3 is 2.62 bits per heavy atom. The van der Waals surface area contributed by atoms with Gasteiger partial charge in [-0.25, -0.2) is 14.8 Å². The van der Waals surface area contributed by atoms with Crippen LogP contribution in [0.15, 0.2) is 48.8 Å². The van der Waals surface area contributed by atoms with Crippen molar-refractivity contribution in [2.24, 2.45) is 0 Å². The zero-order valence-corrected chi connectivity index (χ0v) is 25.5. The van der Waals surface area contributed by atoms with Crippen molar-refractivity contribution >= 4 is 39.1 Å². The van der Waals surface area contributed by atoms with E-state index in [-0.39, 0.29) is 12.3 Å².